The zero-order chi connectivity index (χ0) is 9.84. The minimum atomic E-state index is 0.703. The maximum absolute atomic E-state index is 3.29. The molecule has 0 aromatic rings. The monoisotopic (exact) mass is 184 g/mol. The normalized spacial score (nSPS) is 28.2. The van der Waals surface area contributed by atoms with Gasteiger partial charge in [0.2, 0.25) is 0 Å². The molecule has 1 fully saturated rings. The summed E-state index contributed by atoms with van der Waals surface area (Å²) in [6, 6.07) is 1.55. The van der Waals surface area contributed by atoms with Gasteiger partial charge in [-0.1, -0.05) is 6.92 Å². The van der Waals surface area contributed by atoms with Gasteiger partial charge in [0.05, 0.1) is 0 Å². The first-order chi connectivity index (χ1) is 6.20. The first kappa shape index (κ1) is 11.0. The first-order valence-corrected chi connectivity index (χ1v) is 5.61. The summed E-state index contributed by atoms with van der Waals surface area (Å²) in [5, 5.41) is 3.29. The summed E-state index contributed by atoms with van der Waals surface area (Å²) in [6.45, 7) is 9.27. The lowest BCUT2D eigenvalue weighted by Crippen LogP contribution is -2.52. The van der Waals surface area contributed by atoms with Gasteiger partial charge in [-0.3, -0.25) is 4.90 Å². The summed E-state index contributed by atoms with van der Waals surface area (Å²) >= 11 is 0. The van der Waals surface area contributed by atoms with Crippen LogP contribution in [0.3, 0.4) is 0 Å². The Morgan fingerprint density at radius 1 is 1.38 bits per heavy atom. The highest BCUT2D eigenvalue weighted by atomic mass is 15.2. The third kappa shape index (κ3) is 2.44. The van der Waals surface area contributed by atoms with E-state index in [1.807, 2.05) is 0 Å². The highest BCUT2D eigenvalue weighted by molar-refractivity contribution is 4.90. The van der Waals surface area contributed by atoms with Gasteiger partial charge in [0.15, 0.2) is 0 Å². The van der Waals surface area contributed by atoms with Crippen LogP contribution in [0.15, 0.2) is 0 Å². The predicted octanol–water partition coefficient (Wildman–Crippen LogP) is 1.71. The summed E-state index contributed by atoms with van der Waals surface area (Å²) in [5.41, 5.74) is 0. The van der Waals surface area contributed by atoms with Gasteiger partial charge in [-0.15, -0.1) is 0 Å². The summed E-state index contributed by atoms with van der Waals surface area (Å²) in [6.07, 6.45) is 2.81. The van der Waals surface area contributed by atoms with Crippen LogP contribution < -0.4 is 5.32 Å². The molecule has 0 saturated heterocycles. The van der Waals surface area contributed by atoms with Crippen LogP contribution in [0, 0.1) is 5.92 Å². The van der Waals surface area contributed by atoms with Crippen molar-refractivity contribution in [1.29, 1.82) is 0 Å². The highest BCUT2D eigenvalue weighted by Crippen LogP contribution is 2.32. The van der Waals surface area contributed by atoms with Crippen LogP contribution in [0.25, 0.3) is 0 Å². The van der Waals surface area contributed by atoms with E-state index in [0.717, 1.165) is 12.0 Å². The van der Waals surface area contributed by atoms with Crippen molar-refractivity contribution in [2.24, 2.45) is 5.92 Å². The van der Waals surface area contributed by atoms with E-state index in [1.54, 1.807) is 0 Å². The molecule has 1 rings (SSSR count). The van der Waals surface area contributed by atoms with E-state index in [-0.39, 0.29) is 0 Å². The first-order valence-electron chi connectivity index (χ1n) is 5.61. The quantitative estimate of drug-likeness (QED) is 0.700. The Morgan fingerprint density at radius 2 is 2.08 bits per heavy atom. The third-order valence-electron chi connectivity index (χ3n) is 3.30. The molecule has 0 bridgehead atoms. The standard InChI is InChI=1S/C11H24N2/c1-5-13(9(2)3)11-7-6-10(11)8-12-4/h9-12H,5-8H2,1-4H3. The Kier molecular flexibility index (Phi) is 4.20. The topological polar surface area (TPSA) is 15.3 Å². The Bertz CT molecular complexity index is 145. The second-order valence-electron chi connectivity index (χ2n) is 4.39. The van der Waals surface area contributed by atoms with Crippen LogP contribution in [-0.2, 0) is 0 Å². The number of nitrogens with zero attached hydrogens (tertiary/aromatic N) is 1. The largest absolute Gasteiger partial charge is 0.319 e. The third-order valence-corrected chi connectivity index (χ3v) is 3.30. The van der Waals surface area contributed by atoms with Crippen molar-refractivity contribution in [3.63, 3.8) is 0 Å². The Hall–Kier alpha value is -0.0800. The molecule has 0 aliphatic heterocycles. The van der Waals surface area contributed by atoms with Crippen molar-refractivity contribution in [3.05, 3.63) is 0 Å². The molecule has 2 unspecified atom stereocenters. The Labute approximate surface area is 82.7 Å². The lowest BCUT2D eigenvalue weighted by Gasteiger charge is -2.46. The van der Waals surface area contributed by atoms with Crippen molar-refractivity contribution in [2.75, 3.05) is 20.1 Å². The van der Waals surface area contributed by atoms with E-state index >= 15 is 0 Å². The second kappa shape index (κ2) is 4.97. The van der Waals surface area contributed by atoms with Crippen molar-refractivity contribution >= 4 is 0 Å². The molecule has 1 aliphatic rings. The van der Waals surface area contributed by atoms with Gasteiger partial charge >= 0.3 is 0 Å². The summed E-state index contributed by atoms with van der Waals surface area (Å²) in [4.78, 5) is 2.63. The molecule has 13 heavy (non-hydrogen) atoms. The molecule has 0 amide bonds. The highest BCUT2D eigenvalue weighted by Gasteiger charge is 2.34. The zero-order valence-electron chi connectivity index (χ0n) is 9.51. The molecular formula is C11H24N2. The maximum Gasteiger partial charge on any atom is 0.0138 e. The van der Waals surface area contributed by atoms with Crippen molar-refractivity contribution in [1.82, 2.24) is 10.2 Å². The van der Waals surface area contributed by atoms with Crippen molar-refractivity contribution in [3.8, 4) is 0 Å². The Morgan fingerprint density at radius 3 is 2.38 bits per heavy atom. The fraction of sp³-hybridized carbons (Fsp3) is 1.00. The number of hydrogen-bond donors (Lipinski definition) is 1. The minimum Gasteiger partial charge on any atom is -0.319 e. The van der Waals surface area contributed by atoms with E-state index in [0.29, 0.717) is 6.04 Å². The number of hydrogen-bond acceptors (Lipinski definition) is 2. The molecule has 0 aromatic heterocycles. The van der Waals surface area contributed by atoms with Gasteiger partial charge in [0.1, 0.15) is 0 Å². The smallest absolute Gasteiger partial charge is 0.0138 e. The molecule has 0 aromatic carbocycles. The lowest BCUT2D eigenvalue weighted by molar-refractivity contribution is 0.0433. The summed E-state index contributed by atoms with van der Waals surface area (Å²) < 4.78 is 0. The van der Waals surface area contributed by atoms with E-state index in [1.165, 1.54) is 25.9 Å². The molecule has 0 spiro atoms. The SMILES string of the molecule is CCN(C(C)C)C1CCC1CNC. The van der Waals surface area contributed by atoms with Crippen molar-refractivity contribution < 1.29 is 0 Å². The van der Waals surface area contributed by atoms with Gasteiger partial charge in [-0.2, -0.15) is 0 Å². The lowest BCUT2D eigenvalue weighted by atomic mass is 9.78. The molecular weight excluding hydrogens is 160 g/mol. The average Bonchev–Trinajstić information content (AvgIpc) is 2.07. The number of nitrogens with one attached hydrogen (secondary N) is 1. The molecule has 1 saturated carbocycles. The molecule has 0 heterocycles. The fourth-order valence-corrected chi connectivity index (χ4v) is 2.47. The van der Waals surface area contributed by atoms with Gasteiger partial charge in [0.25, 0.3) is 0 Å². The van der Waals surface area contributed by atoms with E-state index < -0.39 is 0 Å². The molecule has 78 valence electrons. The van der Waals surface area contributed by atoms with E-state index in [9.17, 15) is 0 Å². The molecule has 2 atom stereocenters. The van der Waals surface area contributed by atoms with E-state index in [4.69, 9.17) is 0 Å². The van der Waals surface area contributed by atoms with Gasteiger partial charge < -0.3 is 5.32 Å². The van der Waals surface area contributed by atoms with Gasteiger partial charge in [-0.25, -0.2) is 0 Å². The maximum atomic E-state index is 3.29. The number of rotatable bonds is 5. The van der Waals surface area contributed by atoms with Crippen LogP contribution in [0.1, 0.15) is 33.6 Å². The van der Waals surface area contributed by atoms with Crippen LogP contribution in [0.5, 0.6) is 0 Å². The van der Waals surface area contributed by atoms with Crippen LogP contribution in [0.2, 0.25) is 0 Å². The average molecular weight is 184 g/mol. The molecule has 0 radical (unpaired) electrons. The molecule has 1 N–H and O–H groups in total. The van der Waals surface area contributed by atoms with Crippen LogP contribution in [-0.4, -0.2) is 37.1 Å². The predicted molar refractivity (Wildman–Crippen MR) is 58.0 cm³/mol. The molecule has 1 aliphatic carbocycles. The second-order valence-corrected chi connectivity index (χ2v) is 4.39. The molecule has 2 heteroatoms. The minimum absolute atomic E-state index is 0.703. The summed E-state index contributed by atoms with van der Waals surface area (Å²) in [5.74, 6) is 0.896. The van der Waals surface area contributed by atoms with Crippen molar-refractivity contribution in [2.45, 2.75) is 45.7 Å². The van der Waals surface area contributed by atoms with E-state index in [2.05, 4.69) is 38.0 Å². The van der Waals surface area contributed by atoms with Crippen LogP contribution >= 0.6 is 0 Å². The zero-order valence-corrected chi connectivity index (χ0v) is 9.51. The van der Waals surface area contributed by atoms with Crippen LogP contribution in [0.4, 0.5) is 0 Å². The molecule has 2 nitrogen and oxygen atoms in total. The Balaban J connectivity index is 2.40. The fourth-order valence-electron chi connectivity index (χ4n) is 2.47. The van der Waals surface area contributed by atoms with Gasteiger partial charge in [-0.05, 0) is 52.7 Å². The van der Waals surface area contributed by atoms with Gasteiger partial charge in [0, 0.05) is 12.1 Å². The summed E-state index contributed by atoms with van der Waals surface area (Å²) in [7, 11) is 2.06.